The van der Waals surface area contributed by atoms with Gasteiger partial charge in [0.05, 0.1) is 12.2 Å². The van der Waals surface area contributed by atoms with Gasteiger partial charge >= 0.3 is 5.97 Å². The van der Waals surface area contributed by atoms with Crippen LogP contribution in [0, 0.1) is 0 Å². The molecule has 1 fully saturated rings. The molecule has 0 saturated heterocycles. The van der Waals surface area contributed by atoms with Crippen LogP contribution in [-0.4, -0.2) is 28.7 Å². The molecular formula is C14H18O3S. The van der Waals surface area contributed by atoms with Crippen molar-refractivity contribution >= 4 is 17.7 Å². The number of benzene rings is 1. The molecular weight excluding hydrogens is 248 g/mol. The van der Waals surface area contributed by atoms with Crippen molar-refractivity contribution in [2.75, 3.05) is 12.4 Å². The zero-order valence-electron chi connectivity index (χ0n) is 10.3. The fourth-order valence-corrected chi connectivity index (χ4v) is 3.33. The van der Waals surface area contributed by atoms with E-state index >= 15 is 0 Å². The van der Waals surface area contributed by atoms with Crippen LogP contribution in [-0.2, 0) is 0 Å². The van der Waals surface area contributed by atoms with Gasteiger partial charge in [-0.2, -0.15) is 11.8 Å². The Kier molecular flexibility index (Phi) is 4.93. The third kappa shape index (κ3) is 3.95. The second-order valence-electron chi connectivity index (χ2n) is 4.46. The highest BCUT2D eigenvalue weighted by Crippen LogP contribution is 2.29. The third-order valence-electron chi connectivity index (χ3n) is 3.09. The SMILES string of the molecule is O=C(O)c1cccc(OCCSC2CCCC2)c1. The molecule has 98 valence electrons. The molecule has 1 aliphatic rings. The summed E-state index contributed by atoms with van der Waals surface area (Å²) < 4.78 is 5.57. The fraction of sp³-hybridized carbons (Fsp3) is 0.500. The summed E-state index contributed by atoms with van der Waals surface area (Å²) >= 11 is 1.97. The van der Waals surface area contributed by atoms with Crippen LogP contribution >= 0.6 is 11.8 Å². The first-order valence-electron chi connectivity index (χ1n) is 6.33. The predicted molar refractivity (Wildman–Crippen MR) is 73.6 cm³/mol. The van der Waals surface area contributed by atoms with Crippen molar-refractivity contribution in [2.24, 2.45) is 0 Å². The molecule has 0 heterocycles. The molecule has 1 aliphatic carbocycles. The molecule has 1 aromatic carbocycles. The molecule has 2 rings (SSSR count). The van der Waals surface area contributed by atoms with Gasteiger partial charge < -0.3 is 9.84 Å². The minimum Gasteiger partial charge on any atom is -0.493 e. The van der Waals surface area contributed by atoms with Gasteiger partial charge in [0.15, 0.2) is 0 Å². The average molecular weight is 266 g/mol. The van der Waals surface area contributed by atoms with E-state index in [-0.39, 0.29) is 5.56 Å². The van der Waals surface area contributed by atoms with Gasteiger partial charge in [-0.15, -0.1) is 0 Å². The van der Waals surface area contributed by atoms with Gasteiger partial charge in [0.25, 0.3) is 0 Å². The number of rotatable bonds is 6. The summed E-state index contributed by atoms with van der Waals surface area (Å²) in [6, 6.07) is 6.65. The Balaban J connectivity index is 1.72. The van der Waals surface area contributed by atoms with Crippen molar-refractivity contribution in [3.63, 3.8) is 0 Å². The number of aromatic carboxylic acids is 1. The maximum atomic E-state index is 10.8. The molecule has 4 heteroatoms. The quantitative estimate of drug-likeness (QED) is 0.801. The van der Waals surface area contributed by atoms with E-state index in [0.717, 1.165) is 11.0 Å². The van der Waals surface area contributed by atoms with E-state index in [1.807, 2.05) is 11.8 Å². The van der Waals surface area contributed by atoms with Crippen molar-refractivity contribution in [3.05, 3.63) is 29.8 Å². The lowest BCUT2D eigenvalue weighted by Gasteiger charge is -2.10. The lowest BCUT2D eigenvalue weighted by Crippen LogP contribution is -2.05. The fourth-order valence-electron chi connectivity index (χ4n) is 2.15. The van der Waals surface area contributed by atoms with E-state index in [1.54, 1.807) is 24.3 Å². The monoisotopic (exact) mass is 266 g/mol. The number of carboxylic acids is 1. The summed E-state index contributed by atoms with van der Waals surface area (Å²) in [4.78, 5) is 10.8. The van der Waals surface area contributed by atoms with E-state index in [2.05, 4.69) is 0 Å². The minimum atomic E-state index is -0.916. The molecule has 0 unspecified atom stereocenters. The number of thioether (sulfide) groups is 1. The lowest BCUT2D eigenvalue weighted by molar-refractivity contribution is 0.0696. The van der Waals surface area contributed by atoms with Crippen LogP contribution in [0.3, 0.4) is 0 Å². The number of hydrogen-bond donors (Lipinski definition) is 1. The van der Waals surface area contributed by atoms with Crippen LogP contribution in [0.2, 0.25) is 0 Å². The van der Waals surface area contributed by atoms with Gasteiger partial charge in [0.2, 0.25) is 0 Å². The molecule has 0 radical (unpaired) electrons. The van der Waals surface area contributed by atoms with Gasteiger partial charge in [-0.1, -0.05) is 18.9 Å². The highest BCUT2D eigenvalue weighted by molar-refractivity contribution is 7.99. The largest absolute Gasteiger partial charge is 0.493 e. The van der Waals surface area contributed by atoms with E-state index in [1.165, 1.54) is 25.7 Å². The molecule has 0 amide bonds. The van der Waals surface area contributed by atoms with Crippen molar-refractivity contribution in [1.29, 1.82) is 0 Å². The molecule has 0 aliphatic heterocycles. The van der Waals surface area contributed by atoms with Crippen molar-refractivity contribution in [2.45, 2.75) is 30.9 Å². The minimum absolute atomic E-state index is 0.274. The van der Waals surface area contributed by atoms with Crippen LogP contribution in [0.15, 0.2) is 24.3 Å². The smallest absolute Gasteiger partial charge is 0.335 e. The van der Waals surface area contributed by atoms with Crippen molar-refractivity contribution < 1.29 is 14.6 Å². The first-order chi connectivity index (χ1) is 8.75. The summed E-state index contributed by atoms with van der Waals surface area (Å²) in [7, 11) is 0. The zero-order chi connectivity index (χ0) is 12.8. The Hall–Kier alpha value is -1.16. The molecule has 1 N–H and O–H groups in total. The molecule has 0 aromatic heterocycles. The van der Waals surface area contributed by atoms with Crippen LogP contribution in [0.5, 0.6) is 5.75 Å². The number of carbonyl (C=O) groups is 1. The topological polar surface area (TPSA) is 46.5 Å². The van der Waals surface area contributed by atoms with Crippen LogP contribution in [0.1, 0.15) is 36.0 Å². The summed E-state index contributed by atoms with van der Waals surface area (Å²) in [5, 5.41) is 9.67. The molecule has 0 spiro atoms. The Morgan fingerprint density at radius 3 is 2.89 bits per heavy atom. The summed E-state index contributed by atoms with van der Waals surface area (Å²) in [6.07, 6.45) is 5.39. The maximum Gasteiger partial charge on any atom is 0.335 e. The molecule has 0 atom stereocenters. The zero-order valence-corrected chi connectivity index (χ0v) is 11.1. The Labute approximate surface area is 112 Å². The van der Waals surface area contributed by atoms with Gasteiger partial charge in [-0.3, -0.25) is 0 Å². The van der Waals surface area contributed by atoms with Gasteiger partial charge in [0.1, 0.15) is 5.75 Å². The van der Waals surface area contributed by atoms with Gasteiger partial charge in [-0.25, -0.2) is 4.79 Å². The molecule has 3 nitrogen and oxygen atoms in total. The van der Waals surface area contributed by atoms with Gasteiger partial charge in [0, 0.05) is 11.0 Å². The second-order valence-corrected chi connectivity index (χ2v) is 5.87. The number of carboxylic acid groups (broad SMARTS) is 1. The van der Waals surface area contributed by atoms with Crippen LogP contribution in [0.4, 0.5) is 0 Å². The number of hydrogen-bond acceptors (Lipinski definition) is 3. The first-order valence-corrected chi connectivity index (χ1v) is 7.38. The van der Waals surface area contributed by atoms with Gasteiger partial charge in [-0.05, 0) is 31.0 Å². The first kappa shape index (κ1) is 13.3. The van der Waals surface area contributed by atoms with Crippen LogP contribution in [0.25, 0.3) is 0 Å². The van der Waals surface area contributed by atoms with Crippen molar-refractivity contribution in [1.82, 2.24) is 0 Å². The summed E-state index contributed by atoms with van der Waals surface area (Å²) in [6.45, 7) is 0.643. The lowest BCUT2D eigenvalue weighted by atomic mass is 10.2. The normalized spacial score (nSPS) is 15.8. The predicted octanol–water partition coefficient (Wildman–Crippen LogP) is 3.44. The highest BCUT2D eigenvalue weighted by Gasteiger charge is 2.14. The average Bonchev–Trinajstić information content (AvgIpc) is 2.88. The Morgan fingerprint density at radius 2 is 2.17 bits per heavy atom. The summed E-state index contributed by atoms with van der Waals surface area (Å²) in [5.74, 6) is 0.699. The molecule has 1 saturated carbocycles. The van der Waals surface area contributed by atoms with Crippen LogP contribution < -0.4 is 4.74 Å². The second kappa shape index (κ2) is 6.69. The summed E-state index contributed by atoms with van der Waals surface area (Å²) in [5.41, 5.74) is 0.274. The molecule has 1 aromatic rings. The van der Waals surface area contributed by atoms with E-state index in [0.29, 0.717) is 12.4 Å². The molecule has 18 heavy (non-hydrogen) atoms. The number of ether oxygens (including phenoxy) is 1. The molecule has 0 bridgehead atoms. The Morgan fingerprint density at radius 1 is 1.39 bits per heavy atom. The highest BCUT2D eigenvalue weighted by atomic mass is 32.2. The van der Waals surface area contributed by atoms with E-state index in [9.17, 15) is 4.79 Å². The maximum absolute atomic E-state index is 10.8. The Bertz CT molecular complexity index is 400. The third-order valence-corrected chi connectivity index (χ3v) is 4.43. The standard InChI is InChI=1S/C14H18O3S/c15-14(16)11-4-3-5-12(10-11)17-8-9-18-13-6-1-2-7-13/h3-5,10,13H,1-2,6-9H2,(H,15,16). The van der Waals surface area contributed by atoms with E-state index in [4.69, 9.17) is 9.84 Å². The van der Waals surface area contributed by atoms with Crippen molar-refractivity contribution in [3.8, 4) is 5.75 Å². The van der Waals surface area contributed by atoms with E-state index < -0.39 is 5.97 Å².